The van der Waals surface area contributed by atoms with E-state index in [1.165, 1.54) is 0 Å². The highest BCUT2D eigenvalue weighted by atomic mass is 35.5. The van der Waals surface area contributed by atoms with Gasteiger partial charge in [0.1, 0.15) is 5.82 Å². The Labute approximate surface area is 112 Å². The molecule has 0 aliphatic rings. The number of nitrogens with one attached hydrogen (secondary N) is 1. The van der Waals surface area contributed by atoms with Crippen LogP contribution in [0.1, 0.15) is 5.56 Å². The predicted octanol–water partition coefficient (Wildman–Crippen LogP) is 2.81. The zero-order chi connectivity index (χ0) is 13.0. The lowest BCUT2D eigenvalue weighted by molar-refractivity contribution is 0.892. The van der Waals surface area contributed by atoms with Crippen LogP contribution in [0.15, 0.2) is 36.5 Å². The molecule has 0 bridgehead atoms. The Morgan fingerprint density at radius 3 is 2.89 bits per heavy atom. The highest BCUT2D eigenvalue weighted by Gasteiger charge is 2.05. The molecule has 18 heavy (non-hydrogen) atoms. The van der Waals surface area contributed by atoms with Crippen molar-refractivity contribution in [3.05, 3.63) is 47.1 Å². The smallest absolute Gasteiger partial charge is 0.224 e. The van der Waals surface area contributed by atoms with E-state index in [0.29, 0.717) is 5.95 Å². The Bertz CT molecular complexity index is 530. The normalized spacial score (nSPS) is 10.2. The van der Waals surface area contributed by atoms with Crippen LogP contribution < -0.4 is 10.2 Å². The maximum absolute atomic E-state index is 5.97. The minimum absolute atomic E-state index is 0.616. The van der Waals surface area contributed by atoms with Gasteiger partial charge in [0.15, 0.2) is 0 Å². The summed E-state index contributed by atoms with van der Waals surface area (Å²) in [5.41, 5.74) is 1.15. The molecule has 1 N–H and O–H groups in total. The van der Waals surface area contributed by atoms with Gasteiger partial charge in [-0.05, 0) is 23.8 Å². The first-order chi connectivity index (χ1) is 8.69. The van der Waals surface area contributed by atoms with Gasteiger partial charge >= 0.3 is 0 Å². The quantitative estimate of drug-likeness (QED) is 0.920. The summed E-state index contributed by atoms with van der Waals surface area (Å²) in [7, 11) is 3.79. The zero-order valence-electron chi connectivity index (χ0n) is 10.4. The van der Waals surface area contributed by atoms with Gasteiger partial charge in [-0.2, -0.15) is 4.98 Å². The number of nitrogens with zero attached hydrogens (tertiary/aromatic N) is 3. The second-order valence-electron chi connectivity index (χ2n) is 3.97. The first-order valence-corrected chi connectivity index (χ1v) is 6.03. The van der Waals surface area contributed by atoms with Crippen LogP contribution in [0.2, 0.25) is 5.02 Å². The van der Waals surface area contributed by atoms with E-state index in [9.17, 15) is 0 Å². The van der Waals surface area contributed by atoms with E-state index in [1.54, 1.807) is 13.2 Å². The SMILES string of the molecule is CNc1nccc(N(C)Cc2cccc(Cl)c2)n1. The molecule has 0 saturated heterocycles. The number of benzene rings is 1. The molecule has 0 fully saturated rings. The Balaban J connectivity index is 2.13. The van der Waals surface area contributed by atoms with E-state index in [1.807, 2.05) is 42.3 Å². The fourth-order valence-electron chi connectivity index (χ4n) is 1.67. The first kappa shape index (κ1) is 12.6. The van der Waals surface area contributed by atoms with Crippen molar-refractivity contribution in [3.8, 4) is 0 Å². The summed E-state index contributed by atoms with van der Waals surface area (Å²) >= 11 is 5.97. The Hall–Kier alpha value is -1.81. The van der Waals surface area contributed by atoms with Crippen molar-refractivity contribution < 1.29 is 0 Å². The van der Waals surface area contributed by atoms with E-state index >= 15 is 0 Å². The van der Waals surface area contributed by atoms with Gasteiger partial charge in [0, 0.05) is 31.9 Å². The summed E-state index contributed by atoms with van der Waals surface area (Å²) in [5, 5.41) is 3.67. The number of aromatic nitrogens is 2. The minimum atomic E-state index is 0.616. The van der Waals surface area contributed by atoms with Crippen molar-refractivity contribution in [3.63, 3.8) is 0 Å². The lowest BCUT2D eigenvalue weighted by Crippen LogP contribution is -2.18. The molecule has 0 aliphatic heterocycles. The van der Waals surface area contributed by atoms with Crippen LogP contribution >= 0.6 is 11.6 Å². The van der Waals surface area contributed by atoms with Gasteiger partial charge in [-0.3, -0.25) is 0 Å². The highest BCUT2D eigenvalue weighted by molar-refractivity contribution is 6.30. The van der Waals surface area contributed by atoms with E-state index < -0.39 is 0 Å². The van der Waals surface area contributed by atoms with Crippen LogP contribution in [0.5, 0.6) is 0 Å². The lowest BCUT2D eigenvalue weighted by Gasteiger charge is -2.18. The fourth-order valence-corrected chi connectivity index (χ4v) is 1.89. The minimum Gasteiger partial charge on any atom is -0.357 e. The zero-order valence-corrected chi connectivity index (χ0v) is 11.1. The van der Waals surface area contributed by atoms with Crippen LogP contribution in [-0.2, 0) is 6.54 Å². The van der Waals surface area contributed by atoms with Crippen molar-refractivity contribution in [1.82, 2.24) is 9.97 Å². The van der Waals surface area contributed by atoms with Gasteiger partial charge in [0.25, 0.3) is 0 Å². The highest BCUT2D eigenvalue weighted by Crippen LogP contribution is 2.16. The third-order valence-electron chi connectivity index (χ3n) is 2.56. The third-order valence-corrected chi connectivity index (χ3v) is 2.80. The molecule has 0 atom stereocenters. The summed E-state index contributed by atoms with van der Waals surface area (Å²) in [6.45, 7) is 0.751. The molecule has 2 rings (SSSR count). The molecule has 0 spiro atoms. The monoisotopic (exact) mass is 262 g/mol. The summed E-state index contributed by atoms with van der Waals surface area (Å²) < 4.78 is 0. The molecule has 0 aliphatic carbocycles. The van der Waals surface area contributed by atoms with Crippen molar-refractivity contribution in [2.24, 2.45) is 0 Å². The Morgan fingerprint density at radius 2 is 2.17 bits per heavy atom. The lowest BCUT2D eigenvalue weighted by atomic mass is 10.2. The standard InChI is InChI=1S/C13H15ClN4/c1-15-13-16-7-6-12(17-13)18(2)9-10-4-3-5-11(14)8-10/h3-8H,9H2,1-2H3,(H,15,16,17). The molecule has 0 amide bonds. The van der Waals surface area contributed by atoms with Crippen molar-refractivity contribution in [1.29, 1.82) is 0 Å². The van der Waals surface area contributed by atoms with Gasteiger partial charge < -0.3 is 10.2 Å². The van der Waals surface area contributed by atoms with Gasteiger partial charge in [0.2, 0.25) is 5.95 Å². The molecule has 94 valence electrons. The van der Waals surface area contributed by atoms with E-state index in [-0.39, 0.29) is 0 Å². The molecular formula is C13H15ClN4. The topological polar surface area (TPSA) is 41.1 Å². The summed E-state index contributed by atoms with van der Waals surface area (Å²) in [4.78, 5) is 10.5. The molecule has 1 heterocycles. The second kappa shape index (κ2) is 5.69. The molecule has 1 aromatic heterocycles. The number of rotatable bonds is 4. The van der Waals surface area contributed by atoms with Gasteiger partial charge in [-0.15, -0.1) is 0 Å². The van der Waals surface area contributed by atoms with E-state index in [2.05, 4.69) is 15.3 Å². The maximum Gasteiger partial charge on any atom is 0.224 e. The Morgan fingerprint density at radius 1 is 1.33 bits per heavy atom. The van der Waals surface area contributed by atoms with E-state index in [4.69, 9.17) is 11.6 Å². The summed E-state index contributed by atoms with van der Waals surface area (Å²) in [6.07, 6.45) is 1.74. The summed E-state index contributed by atoms with van der Waals surface area (Å²) in [6, 6.07) is 9.70. The van der Waals surface area contributed by atoms with Gasteiger partial charge in [-0.25, -0.2) is 4.98 Å². The third kappa shape index (κ3) is 3.11. The first-order valence-electron chi connectivity index (χ1n) is 5.65. The second-order valence-corrected chi connectivity index (χ2v) is 4.41. The fraction of sp³-hybridized carbons (Fsp3) is 0.231. The van der Waals surface area contributed by atoms with Crippen molar-refractivity contribution in [2.75, 3.05) is 24.3 Å². The van der Waals surface area contributed by atoms with Crippen LogP contribution in [0, 0.1) is 0 Å². The van der Waals surface area contributed by atoms with Crippen LogP contribution in [0.25, 0.3) is 0 Å². The van der Waals surface area contributed by atoms with Crippen molar-refractivity contribution >= 4 is 23.4 Å². The average Bonchev–Trinajstić information content (AvgIpc) is 2.39. The number of hydrogen-bond acceptors (Lipinski definition) is 4. The average molecular weight is 263 g/mol. The summed E-state index contributed by atoms with van der Waals surface area (Å²) in [5.74, 6) is 1.49. The molecule has 1 aromatic carbocycles. The molecule has 5 heteroatoms. The van der Waals surface area contributed by atoms with Crippen LogP contribution in [-0.4, -0.2) is 24.1 Å². The maximum atomic E-state index is 5.97. The van der Waals surface area contributed by atoms with Crippen LogP contribution in [0.4, 0.5) is 11.8 Å². The van der Waals surface area contributed by atoms with Gasteiger partial charge in [0.05, 0.1) is 0 Å². The molecule has 2 aromatic rings. The van der Waals surface area contributed by atoms with E-state index in [0.717, 1.165) is 22.9 Å². The molecule has 0 saturated carbocycles. The number of hydrogen-bond donors (Lipinski definition) is 1. The van der Waals surface area contributed by atoms with Crippen molar-refractivity contribution in [2.45, 2.75) is 6.54 Å². The van der Waals surface area contributed by atoms with Crippen LogP contribution in [0.3, 0.4) is 0 Å². The largest absolute Gasteiger partial charge is 0.357 e. The Kier molecular flexibility index (Phi) is 3.99. The number of anilines is 2. The molecular weight excluding hydrogens is 248 g/mol. The molecule has 4 nitrogen and oxygen atoms in total. The molecule has 0 radical (unpaired) electrons. The van der Waals surface area contributed by atoms with Gasteiger partial charge in [-0.1, -0.05) is 23.7 Å². The number of halogens is 1. The predicted molar refractivity (Wildman–Crippen MR) is 75.1 cm³/mol. The molecule has 0 unspecified atom stereocenters.